The fourth-order valence-electron chi connectivity index (χ4n) is 6.13. The van der Waals surface area contributed by atoms with Crippen LogP contribution in [0.3, 0.4) is 0 Å². The van der Waals surface area contributed by atoms with Crippen LogP contribution < -0.4 is 0 Å². The van der Waals surface area contributed by atoms with Crippen LogP contribution >= 0.6 is 0 Å². The highest BCUT2D eigenvalue weighted by Gasteiger charge is 2.65. The molecule has 0 radical (unpaired) electrons. The molecule has 196 valence electrons. The Bertz CT molecular complexity index is 1550. The van der Waals surface area contributed by atoms with Crippen LogP contribution in [0.1, 0.15) is 61.4 Å². The van der Waals surface area contributed by atoms with Gasteiger partial charge in [-0.1, -0.05) is 19.9 Å². The van der Waals surface area contributed by atoms with Gasteiger partial charge in [-0.2, -0.15) is 18.3 Å². The third kappa shape index (κ3) is 3.32. The molecule has 3 heterocycles. The van der Waals surface area contributed by atoms with Gasteiger partial charge in [-0.25, -0.2) is 18.7 Å². The van der Waals surface area contributed by atoms with Crippen molar-refractivity contribution in [3.05, 3.63) is 77.2 Å². The SMILES string of the molecule is CC1(C)[C@H]2CC[C@]1(c1cncc(-c3nc([C@H](O)C(F)(F)F)co3)n1)c1nnc(-c3c(F)cccc3F)cc12. The van der Waals surface area contributed by atoms with Gasteiger partial charge in [0.2, 0.25) is 5.89 Å². The number of aromatic nitrogens is 5. The predicted molar refractivity (Wildman–Crippen MR) is 122 cm³/mol. The van der Waals surface area contributed by atoms with E-state index in [1.807, 2.05) is 13.8 Å². The van der Waals surface area contributed by atoms with Crippen molar-refractivity contribution in [2.24, 2.45) is 5.41 Å². The van der Waals surface area contributed by atoms with E-state index in [0.29, 0.717) is 17.8 Å². The monoisotopic (exact) mass is 529 g/mol. The van der Waals surface area contributed by atoms with Crippen LogP contribution in [0.5, 0.6) is 0 Å². The molecule has 1 aromatic carbocycles. The molecular formula is C26H20F5N5O2. The summed E-state index contributed by atoms with van der Waals surface area (Å²) in [6, 6.07) is 5.27. The van der Waals surface area contributed by atoms with Gasteiger partial charge in [0.05, 0.1) is 34.3 Å². The molecule has 4 aromatic rings. The minimum absolute atomic E-state index is 0.0117. The molecule has 38 heavy (non-hydrogen) atoms. The molecule has 1 N–H and O–H groups in total. The number of rotatable bonds is 4. The first kappa shape index (κ1) is 24.5. The summed E-state index contributed by atoms with van der Waals surface area (Å²) in [5.41, 5.74) is -0.0511. The highest BCUT2D eigenvalue weighted by molar-refractivity contribution is 5.64. The molecule has 1 fully saturated rings. The molecule has 6 rings (SSSR count). The maximum Gasteiger partial charge on any atom is 0.420 e. The number of aliphatic hydroxyl groups excluding tert-OH is 1. The molecule has 0 amide bonds. The normalized spacial score (nSPS) is 22.5. The summed E-state index contributed by atoms with van der Waals surface area (Å²) in [6.45, 7) is 4.10. The van der Waals surface area contributed by atoms with Crippen LogP contribution in [0.15, 0.2) is 47.3 Å². The number of alkyl halides is 3. The molecule has 2 bridgehead atoms. The van der Waals surface area contributed by atoms with Crippen molar-refractivity contribution in [1.29, 1.82) is 0 Å². The Morgan fingerprint density at radius 1 is 1.05 bits per heavy atom. The number of oxazole rings is 1. The molecule has 1 saturated carbocycles. The van der Waals surface area contributed by atoms with Crippen molar-refractivity contribution in [2.45, 2.75) is 50.3 Å². The van der Waals surface area contributed by atoms with E-state index in [9.17, 15) is 27.1 Å². The summed E-state index contributed by atoms with van der Waals surface area (Å²) in [4.78, 5) is 12.7. The van der Waals surface area contributed by atoms with Crippen LogP contribution in [-0.2, 0) is 5.41 Å². The number of benzene rings is 1. The lowest BCUT2D eigenvalue weighted by molar-refractivity contribution is -0.207. The summed E-state index contributed by atoms with van der Waals surface area (Å²) in [5.74, 6) is -1.72. The molecule has 0 aliphatic heterocycles. The van der Waals surface area contributed by atoms with Gasteiger partial charge in [0.25, 0.3) is 0 Å². The van der Waals surface area contributed by atoms with E-state index in [2.05, 4.69) is 25.1 Å². The van der Waals surface area contributed by atoms with Gasteiger partial charge in [0.1, 0.15) is 29.3 Å². The zero-order valence-electron chi connectivity index (χ0n) is 20.1. The van der Waals surface area contributed by atoms with Crippen molar-refractivity contribution in [3.63, 3.8) is 0 Å². The molecule has 12 heteroatoms. The zero-order chi connectivity index (χ0) is 27.0. The molecule has 2 aliphatic rings. The second-order valence-electron chi connectivity index (χ2n) is 10.2. The van der Waals surface area contributed by atoms with Crippen molar-refractivity contribution in [1.82, 2.24) is 25.1 Å². The molecule has 3 atom stereocenters. The number of aliphatic hydroxyl groups is 1. The van der Waals surface area contributed by atoms with Crippen LogP contribution in [0, 0.1) is 17.0 Å². The van der Waals surface area contributed by atoms with E-state index in [4.69, 9.17) is 4.42 Å². The Hall–Kier alpha value is -3.80. The van der Waals surface area contributed by atoms with Crippen LogP contribution in [0.2, 0.25) is 0 Å². The summed E-state index contributed by atoms with van der Waals surface area (Å²) in [7, 11) is 0. The highest BCUT2D eigenvalue weighted by Crippen LogP contribution is 2.69. The van der Waals surface area contributed by atoms with Crippen molar-refractivity contribution >= 4 is 0 Å². The topological polar surface area (TPSA) is 97.8 Å². The summed E-state index contributed by atoms with van der Waals surface area (Å²) < 4.78 is 72.9. The van der Waals surface area contributed by atoms with Crippen LogP contribution in [-0.4, -0.2) is 36.4 Å². The molecule has 0 unspecified atom stereocenters. The fourth-order valence-corrected chi connectivity index (χ4v) is 6.13. The first-order valence-corrected chi connectivity index (χ1v) is 11.8. The standard InChI is InChI=1S/C26H20F5N5O2/c1-24(2)13-6-7-25(24,21-12(13)8-16(35-36-21)20-14(27)4-3-5-15(20)28)19-10-32-9-17(33-19)23-34-18(11-38-23)22(37)26(29,30)31/h3-5,8-11,13,22,37H,6-7H2,1-2H3/t13-,22-,25-/m0/s1. The zero-order valence-corrected chi connectivity index (χ0v) is 20.1. The number of halogens is 5. The minimum atomic E-state index is -4.90. The Labute approximate surface area is 212 Å². The lowest BCUT2D eigenvalue weighted by Crippen LogP contribution is -2.38. The first-order chi connectivity index (χ1) is 17.9. The van der Waals surface area contributed by atoms with E-state index in [1.54, 1.807) is 12.3 Å². The highest BCUT2D eigenvalue weighted by atomic mass is 19.4. The number of nitrogens with zero attached hydrogens (tertiary/aromatic N) is 5. The molecule has 0 spiro atoms. The Morgan fingerprint density at radius 3 is 2.50 bits per heavy atom. The molecule has 0 saturated heterocycles. The summed E-state index contributed by atoms with van der Waals surface area (Å²) in [6.07, 6.45) is -2.71. The van der Waals surface area contributed by atoms with Gasteiger partial charge >= 0.3 is 6.18 Å². The third-order valence-corrected chi connectivity index (χ3v) is 8.00. The van der Waals surface area contributed by atoms with E-state index >= 15 is 0 Å². The Balaban J connectivity index is 1.45. The van der Waals surface area contributed by atoms with Gasteiger partial charge in [0.15, 0.2) is 6.10 Å². The lowest BCUT2D eigenvalue weighted by atomic mass is 9.66. The molecule has 2 aliphatic carbocycles. The minimum Gasteiger partial charge on any atom is -0.443 e. The van der Waals surface area contributed by atoms with Crippen molar-refractivity contribution < 1.29 is 31.5 Å². The average Bonchev–Trinajstić information content (AvgIpc) is 3.51. The van der Waals surface area contributed by atoms with E-state index in [1.165, 1.54) is 12.3 Å². The third-order valence-electron chi connectivity index (χ3n) is 8.00. The number of fused-ring (bicyclic) bond motifs is 5. The number of hydrogen-bond donors (Lipinski definition) is 1. The van der Waals surface area contributed by atoms with Crippen LogP contribution in [0.25, 0.3) is 22.8 Å². The largest absolute Gasteiger partial charge is 0.443 e. The maximum atomic E-state index is 14.5. The number of hydrogen-bond acceptors (Lipinski definition) is 7. The van der Waals surface area contributed by atoms with Gasteiger partial charge < -0.3 is 9.52 Å². The quantitative estimate of drug-likeness (QED) is 0.341. The lowest BCUT2D eigenvalue weighted by Gasteiger charge is -2.37. The smallest absolute Gasteiger partial charge is 0.420 e. The summed E-state index contributed by atoms with van der Waals surface area (Å²) in [5, 5.41) is 18.1. The summed E-state index contributed by atoms with van der Waals surface area (Å²) >= 11 is 0. The van der Waals surface area contributed by atoms with Gasteiger partial charge in [-0.15, -0.1) is 5.10 Å². The molecule has 7 nitrogen and oxygen atoms in total. The van der Waals surface area contributed by atoms with E-state index < -0.39 is 40.4 Å². The first-order valence-electron chi connectivity index (χ1n) is 11.8. The Morgan fingerprint density at radius 2 is 1.79 bits per heavy atom. The van der Waals surface area contributed by atoms with Crippen molar-refractivity contribution in [3.8, 4) is 22.8 Å². The van der Waals surface area contributed by atoms with Gasteiger partial charge in [-0.3, -0.25) is 4.98 Å². The maximum absolute atomic E-state index is 14.5. The second-order valence-corrected chi connectivity index (χ2v) is 10.2. The molecule has 3 aromatic heterocycles. The molecular weight excluding hydrogens is 509 g/mol. The van der Waals surface area contributed by atoms with Gasteiger partial charge in [-0.05, 0) is 47.9 Å². The second kappa shape index (κ2) is 8.10. The van der Waals surface area contributed by atoms with Gasteiger partial charge in [0, 0.05) is 6.20 Å². The van der Waals surface area contributed by atoms with E-state index in [0.717, 1.165) is 30.4 Å². The average molecular weight is 529 g/mol. The fraction of sp³-hybridized carbons (Fsp3) is 0.346. The van der Waals surface area contributed by atoms with Crippen molar-refractivity contribution in [2.75, 3.05) is 0 Å². The Kier molecular flexibility index (Phi) is 5.23. The predicted octanol–water partition coefficient (Wildman–Crippen LogP) is 5.67. The van der Waals surface area contributed by atoms with E-state index in [-0.39, 0.29) is 28.8 Å². The van der Waals surface area contributed by atoms with Crippen LogP contribution in [0.4, 0.5) is 22.0 Å².